The molecule has 0 saturated heterocycles. The van der Waals surface area contributed by atoms with Crippen LogP contribution in [0.1, 0.15) is 39.4 Å². The van der Waals surface area contributed by atoms with E-state index in [1.54, 1.807) is 0 Å². The average Bonchev–Trinajstić information content (AvgIpc) is 2.81. The summed E-state index contributed by atoms with van der Waals surface area (Å²) in [7, 11) is 1.96. The zero-order chi connectivity index (χ0) is 15.5. The Morgan fingerprint density at radius 1 is 1.24 bits per heavy atom. The van der Waals surface area contributed by atoms with Crippen LogP contribution in [-0.4, -0.2) is 27.5 Å². The summed E-state index contributed by atoms with van der Waals surface area (Å²) in [6.45, 7) is 6.50. The predicted octanol–water partition coefficient (Wildman–Crippen LogP) is 3.28. The molecule has 0 amide bonds. The first-order valence-electron chi connectivity index (χ1n) is 7.65. The van der Waals surface area contributed by atoms with E-state index in [2.05, 4.69) is 4.98 Å². The van der Waals surface area contributed by atoms with Gasteiger partial charge in [0.15, 0.2) is 5.78 Å². The highest BCUT2D eigenvalue weighted by Crippen LogP contribution is 2.24. The van der Waals surface area contributed by atoms with Crippen LogP contribution in [-0.2, 0) is 23.0 Å². The van der Waals surface area contributed by atoms with Gasteiger partial charge in [-0.2, -0.15) is 0 Å². The fraction of sp³-hybridized carbons (Fsp3) is 0.529. The first-order chi connectivity index (χ1) is 10.1. The molecule has 1 aromatic carbocycles. The molecule has 0 spiro atoms. The number of aryl methyl sites for hydroxylation is 1. The monoisotopic (exact) mass is 288 g/mol. The molecule has 1 aromatic heterocycles. The number of hydrogen-bond acceptors (Lipinski definition) is 3. The molecule has 0 aliphatic heterocycles. The van der Waals surface area contributed by atoms with Gasteiger partial charge in [0.05, 0.1) is 17.5 Å². The second-order valence-corrected chi connectivity index (χ2v) is 5.31. The molecule has 0 saturated carbocycles. The fourth-order valence-electron chi connectivity index (χ4n) is 2.86. The summed E-state index contributed by atoms with van der Waals surface area (Å²) in [6, 6.07) is 7.94. The normalized spacial score (nSPS) is 12.0. The van der Waals surface area contributed by atoms with Crippen LogP contribution in [0, 0.1) is 0 Å². The smallest absolute Gasteiger partial charge is 0.172 e. The van der Waals surface area contributed by atoms with Gasteiger partial charge in [0.1, 0.15) is 11.4 Å². The van der Waals surface area contributed by atoms with E-state index in [1.807, 2.05) is 56.7 Å². The average molecular weight is 288 g/mol. The molecule has 0 N–H and O–H groups in total. The number of fused-ring (bicyclic) bond motifs is 1. The van der Waals surface area contributed by atoms with Gasteiger partial charge in [0, 0.05) is 13.7 Å². The SMILES string of the molecule is CCOC(CC)(CC)C(=O)Cc1nc2ccccc2n1C. The van der Waals surface area contributed by atoms with Gasteiger partial charge in [-0.3, -0.25) is 4.79 Å². The molecule has 0 aliphatic rings. The maximum absolute atomic E-state index is 12.7. The van der Waals surface area contributed by atoms with Crippen LogP contribution in [0.4, 0.5) is 0 Å². The van der Waals surface area contributed by atoms with E-state index in [0.29, 0.717) is 25.9 Å². The molecular weight excluding hydrogens is 264 g/mol. The summed E-state index contributed by atoms with van der Waals surface area (Å²) < 4.78 is 7.78. The molecule has 114 valence electrons. The lowest BCUT2D eigenvalue weighted by Crippen LogP contribution is -2.42. The molecule has 0 atom stereocenters. The van der Waals surface area contributed by atoms with Crippen LogP contribution in [0.2, 0.25) is 0 Å². The Hall–Kier alpha value is -1.68. The van der Waals surface area contributed by atoms with E-state index in [4.69, 9.17) is 4.74 Å². The molecule has 0 fully saturated rings. The molecule has 2 aromatic rings. The standard InChI is InChI=1S/C17H24N2O2/c1-5-17(6-2,21-7-3)15(20)12-16-18-13-10-8-9-11-14(13)19(16)4/h8-11H,5-7,12H2,1-4H3. The zero-order valence-corrected chi connectivity index (χ0v) is 13.3. The highest BCUT2D eigenvalue weighted by Gasteiger charge is 2.35. The van der Waals surface area contributed by atoms with Crippen LogP contribution in [0.25, 0.3) is 11.0 Å². The van der Waals surface area contributed by atoms with E-state index < -0.39 is 5.60 Å². The van der Waals surface area contributed by atoms with Crippen LogP contribution in [0.3, 0.4) is 0 Å². The molecular formula is C17H24N2O2. The lowest BCUT2D eigenvalue weighted by Gasteiger charge is -2.29. The van der Waals surface area contributed by atoms with Gasteiger partial charge in [-0.05, 0) is 31.9 Å². The van der Waals surface area contributed by atoms with Crippen LogP contribution >= 0.6 is 0 Å². The topological polar surface area (TPSA) is 44.1 Å². The van der Waals surface area contributed by atoms with E-state index in [-0.39, 0.29) is 5.78 Å². The highest BCUT2D eigenvalue weighted by molar-refractivity contribution is 5.89. The third-order valence-corrected chi connectivity index (χ3v) is 4.27. The molecule has 4 heteroatoms. The number of ether oxygens (including phenoxy) is 1. The molecule has 21 heavy (non-hydrogen) atoms. The Morgan fingerprint density at radius 3 is 2.48 bits per heavy atom. The number of carbonyl (C=O) groups excluding carboxylic acids is 1. The Bertz CT molecular complexity index is 627. The Kier molecular flexibility index (Phi) is 4.78. The van der Waals surface area contributed by atoms with Crippen LogP contribution in [0.15, 0.2) is 24.3 Å². The summed E-state index contributed by atoms with van der Waals surface area (Å²) in [4.78, 5) is 17.3. The van der Waals surface area contributed by atoms with Gasteiger partial charge < -0.3 is 9.30 Å². The third-order valence-electron chi connectivity index (χ3n) is 4.27. The molecule has 4 nitrogen and oxygen atoms in total. The number of Topliss-reactive ketones (excluding diaryl/α,β-unsaturated/α-hetero) is 1. The van der Waals surface area contributed by atoms with Gasteiger partial charge in [-0.15, -0.1) is 0 Å². The summed E-state index contributed by atoms with van der Waals surface area (Å²) in [6.07, 6.45) is 1.70. The van der Waals surface area contributed by atoms with E-state index in [0.717, 1.165) is 16.9 Å². The summed E-state index contributed by atoms with van der Waals surface area (Å²) in [5.74, 6) is 0.917. The number of imidazole rings is 1. The zero-order valence-electron chi connectivity index (χ0n) is 13.3. The first-order valence-corrected chi connectivity index (χ1v) is 7.65. The van der Waals surface area contributed by atoms with Crippen LogP contribution < -0.4 is 0 Å². The van der Waals surface area contributed by atoms with Gasteiger partial charge in [0.2, 0.25) is 0 Å². The number of rotatable bonds is 7. The minimum Gasteiger partial charge on any atom is -0.368 e. The maximum Gasteiger partial charge on any atom is 0.172 e. The Labute approximate surface area is 126 Å². The molecule has 0 radical (unpaired) electrons. The molecule has 0 aliphatic carbocycles. The number of benzene rings is 1. The highest BCUT2D eigenvalue weighted by atomic mass is 16.5. The first kappa shape index (κ1) is 15.7. The number of carbonyl (C=O) groups is 1. The van der Waals surface area contributed by atoms with E-state index in [1.165, 1.54) is 0 Å². The van der Waals surface area contributed by atoms with Crippen molar-refractivity contribution in [2.45, 2.75) is 45.6 Å². The minimum atomic E-state index is -0.674. The van der Waals surface area contributed by atoms with Crippen LogP contribution in [0.5, 0.6) is 0 Å². The second kappa shape index (κ2) is 6.39. The van der Waals surface area contributed by atoms with E-state index >= 15 is 0 Å². The number of aromatic nitrogens is 2. The molecule has 2 rings (SSSR count). The Morgan fingerprint density at radius 2 is 1.90 bits per heavy atom. The number of ketones is 1. The summed E-state index contributed by atoms with van der Waals surface area (Å²) in [5, 5.41) is 0. The number of para-hydroxylation sites is 2. The van der Waals surface area contributed by atoms with Crippen molar-refractivity contribution in [2.24, 2.45) is 7.05 Å². The predicted molar refractivity (Wildman–Crippen MR) is 84.4 cm³/mol. The molecule has 1 heterocycles. The molecule has 0 bridgehead atoms. The molecule has 0 unspecified atom stereocenters. The van der Waals surface area contributed by atoms with Crippen molar-refractivity contribution in [1.82, 2.24) is 9.55 Å². The maximum atomic E-state index is 12.7. The van der Waals surface area contributed by atoms with Crippen molar-refractivity contribution >= 4 is 16.8 Å². The largest absolute Gasteiger partial charge is 0.368 e. The third kappa shape index (κ3) is 2.86. The fourth-order valence-corrected chi connectivity index (χ4v) is 2.86. The van der Waals surface area contributed by atoms with Crippen molar-refractivity contribution in [3.05, 3.63) is 30.1 Å². The number of hydrogen-bond donors (Lipinski definition) is 0. The van der Waals surface area contributed by atoms with E-state index in [9.17, 15) is 4.79 Å². The lowest BCUT2D eigenvalue weighted by molar-refractivity contribution is -0.144. The summed E-state index contributed by atoms with van der Waals surface area (Å²) in [5.41, 5.74) is 1.31. The number of nitrogens with zero attached hydrogens (tertiary/aromatic N) is 2. The van der Waals surface area contributed by atoms with Gasteiger partial charge in [0.25, 0.3) is 0 Å². The van der Waals surface area contributed by atoms with Gasteiger partial charge >= 0.3 is 0 Å². The van der Waals surface area contributed by atoms with Crippen molar-refractivity contribution < 1.29 is 9.53 Å². The van der Waals surface area contributed by atoms with Crippen molar-refractivity contribution in [1.29, 1.82) is 0 Å². The minimum absolute atomic E-state index is 0.118. The quantitative estimate of drug-likeness (QED) is 0.785. The summed E-state index contributed by atoms with van der Waals surface area (Å²) >= 11 is 0. The van der Waals surface area contributed by atoms with Crippen molar-refractivity contribution in [3.8, 4) is 0 Å². The van der Waals surface area contributed by atoms with Crippen molar-refractivity contribution in [3.63, 3.8) is 0 Å². The van der Waals surface area contributed by atoms with Crippen molar-refractivity contribution in [2.75, 3.05) is 6.61 Å². The second-order valence-electron chi connectivity index (χ2n) is 5.31. The van der Waals surface area contributed by atoms with Gasteiger partial charge in [-0.25, -0.2) is 4.98 Å². The Balaban J connectivity index is 2.30. The lowest BCUT2D eigenvalue weighted by atomic mass is 9.89. The van der Waals surface area contributed by atoms with Gasteiger partial charge in [-0.1, -0.05) is 26.0 Å².